The van der Waals surface area contributed by atoms with Crippen LogP contribution in [0.4, 0.5) is 11.6 Å². The van der Waals surface area contributed by atoms with E-state index in [1.165, 1.54) is 5.56 Å². The second kappa shape index (κ2) is 7.65. The number of aromatic nitrogens is 4. The molecule has 0 bridgehead atoms. The molecule has 7 nitrogen and oxygen atoms in total. The molecular formula is C23H28N6O. The van der Waals surface area contributed by atoms with Crippen LogP contribution in [0.5, 0.6) is 0 Å². The van der Waals surface area contributed by atoms with Gasteiger partial charge in [-0.1, -0.05) is 6.07 Å². The minimum atomic E-state index is -0.629. The number of fused-ring (bicyclic) bond motifs is 1. The first-order valence-corrected chi connectivity index (χ1v) is 10.3. The molecule has 7 heteroatoms. The summed E-state index contributed by atoms with van der Waals surface area (Å²) in [6.45, 7) is 10.6. The van der Waals surface area contributed by atoms with Gasteiger partial charge >= 0.3 is 0 Å². The Hall–Kier alpha value is -3.06. The smallest absolute Gasteiger partial charge is 0.227 e. The number of benzene rings is 1. The molecule has 0 fully saturated rings. The van der Waals surface area contributed by atoms with Crippen LogP contribution < -0.4 is 10.6 Å². The van der Waals surface area contributed by atoms with Crippen molar-refractivity contribution in [2.45, 2.75) is 52.6 Å². The average Bonchev–Trinajstić information content (AvgIpc) is 3.20. The first-order chi connectivity index (χ1) is 14.3. The van der Waals surface area contributed by atoms with Crippen LogP contribution in [0.15, 0.2) is 36.8 Å². The van der Waals surface area contributed by atoms with Gasteiger partial charge in [-0.3, -0.25) is 9.48 Å². The van der Waals surface area contributed by atoms with E-state index >= 15 is 0 Å². The zero-order chi connectivity index (χ0) is 21.5. The van der Waals surface area contributed by atoms with Gasteiger partial charge in [0.05, 0.1) is 11.9 Å². The molecule has 1 unspecified atom stereocenters. The monoisotopic (exact) mass is 404 g/mol. The minimum Gasteiger partial charge on any atom is -0.324 e. The van der Waals surface area contributed by atoms with Gasteiger partial charge in [0, 0.05) is 36.2 Å². The van der Waals surface area contributed by atoms with Crippen molar-refractivity contribution in [3.63, 3.8) is 0 Å². The number of hydrogen-bond acceptors (Lipinski definition) is 6. The summed E-state index contributed by atoms with van der Waals surface area (Å²) in [7, 11) is 0. The summed E-state index contributed by atoms with van der Waals surface area (Å²) in [5.41, 5.74) is 5.33. The number of aryl methyl sites for hydroxylation is 1. The Morgan fingerprint density at radius 3 is 2.80 bits per heavy atom. The lowest BCUT2D eigenvalue weighted by molar-refractivity contribution is -0.123. The van der Waals surface area contributed by atoms with E-state index in [0.29, 0.717) is 12.0 Å². The van der Waals surface area contributed by atoms with Gasteiger partial charge in [-0.2, -0.15) is 5.10 Å². The fraction of sp³-hybridized carbons (Fsp3) is 0.391. The highest BCUT2D eigenvalue weighted by atomic mass is 16.1. The quantitative estimate of drug-likeness (QED) is 0.670. The molecular weight excluding hydrogens is 376 g/mol. The number of ketones is 1. The number of Topliss-reactive ketones (excluding diaryl/α,β-unsaturated/α-hetero) is 1. The van der Waals surface area contributed by atoms with Crippen LogP contribution in [0.1, 0.15) is 50.4 Å². The second-order valence-electron chi connectivity index (χ2n) is 8.38. The molecule has 1 atom stereocenters. The van der Waals surface area contributed by atoms with Gasteiger partial charge in [0.2, 0.25) is 5.95 Å². The minimum absolute atomic E-state index is 0.123. The molecule has 0 aliphatic carbocycles. The van der Waals surface area contributed by atoms with Crippen molar-refractivity contribution in [2.75, 3.05) is 11.9 Å². The standard InChI is InChI=1S/C23H28N6O/c1-14(2)29-13-18(12-26-29)21-15(3)11-24-22(28-21)27-19-6-7-20-17(10-19)8-9-25-23(20,5)16(4)30/h6-7,10-14,25H,8-9H2,1-5H3,(H,24,27,28). The Labute approximate surface area is 176 Å². The molecule has 0 saturated heterocycles. The van der Waals surface area contributed by atoms with E-state index in [2.05, 4.69) is 40.6 Å². The molecule has 1 aliphatic heterocycles. The average molecular weight is 405 g/mol. The van der Waals surface area contributed by atoms with Crippen LogP contribution in [0, 0.1) is 6.92 Å². The summed E-state index contributed by atoms with van der Waals surface area (Å²) in [6.07, 6.45) is 6.56. The SMILES string of the molecule is CC(=O)C1(C)NCCc2cc(Nc3ncc(C)c(-c4cnn(C(C)C)c4)n3)ccc21. The maximum atomic E-state index is 12.2. The van der Waals surface area contributed by atoms with Gasteiger partial charge < -0.3 is 10.6 Å². The van der Waals surface area contributed by atoms with Gasteiger partial charge in [-0.15, -0.1) is 0 Å². The first-order valence-electron chi connectivity index (χ1n) is 10.3. The zero-order valence-electron chi connectivity index (χ0n) is 18.2. The van der Waals surface area contributed by atoms with Gasteiger partial charge in [0.25, 0.3) is 0 Å². The van der Waals surface area contributed by atoms with Gasteiger partial charge in [-0.25, -0.2) is 9.97 Å². The summed E-state index contributed by atoms with van der Waals surface area (Å²) in [5.74, 6) is 0.661. The van der Waals surface area contributed by atoms with Crippen molar-refractivity contribution in [3.8, 4) is 11.3 Å². The van der Waals surface area contributed by atoms with E-state index in [-0.39, 0.29) is 5.78 Å². The third kappa shape index (κ3) is 3.61. The fourth-order valence-electron chi connectivity index (χ4n) is 3.89. The largest absolute Gasteiger partial charge is 0.324 e. The third-order valence-electron chi connectivity index (χ3n) is 5.85. The molecule has 4 rings (SSSR count). The Balaban J connectivity index is 1.63. The molecule has 156 valence electrons. The van der Waals surface area contributed by atoms with Crippen molar-refractivity contribution in [3.05, 3.63) is 53.5 Å². The Morgan fingerprint density at radius 2 is 2.10 bits per heavy atom. The Bertz CT molecular complexity index is 1100. The topological polar surface area (TPSA) is 84.7 Å². The van der Waals surface area contributed by atoms with E-state index < -0.39 is 5.54 Å². The first kappa shape index (κ1) is 20.2. The highest BCUT2D eigenvalue weighted by molar-refractivity contribution is 5.88. The van der Waals surface area contributed by atoms with Crippen molar-refractivity contribution in [1.29, 1.82) is 0 Å². The van der Waals surface area contributed by atoms with Gasteiger partial charge in [-0.05, 0) is 69.9 Å². The molecule has 1 aliphatic rings. The molecule has 30 heavy (non-hydrogen) atoms. The predicted molar refractivity (Wildman–Crippen MR) is 118 cm³/mol. The van der Waals surface area contributed by atoms with Crippen molar-refractivity contribution >= 4 is 17.4 Å². The molecule has 0 amide bonds. The number of anilines is 2. The Kier molecular flexibility index (Phi) is 5.15. The number of nitrogens with zero attached hydrogens (tertiary/aromatic N) is 4. The summed E-state index contributed by atoms with van der Waals surface area (Å²) in [4.78, 5) is 21.4. The van der Waals surface area contributed by atoms with Crippen molar-refractivity contribution in [2.24, 2.45) is 0 Å². The normalized spacial score (nSPS) is 18.3. The summed E-state index contributed by atoms with van der Waals surface area (Å²) >= 11 is 0. The molecule has 2 aromatic heterocycles. The molecule has 0 radical (unpaired) electrons. The van der Waals surface area contributed by atoms with Gasteiger partial charge in [0.15, 0.2) is 5.78 Å². The Morgan fingerprint density at radius 1 is 1.30 bits per heavy atom. The van der Waals surface area contributed by atoms with Crippen LogP contribution in [-0.4, -0.2) is 32.1 Å². The maximum Gasteiger partial charge on any atom is 0.227 e. The summed E-state index contributed by atoms with van der Waals surface area (Å²) < 4.78 is 1.92. The van der Waals surface area contributed by atoms with Crippen LogP contribution in [0.2, 0.25) is 0 Å². The lowest BCUT2D eigenvalue weighted by Gasteiger charge is -2.35. The lowest BCUT2D eigenvalue weighted by Crippen LogP contribution is -2.49. The second-order valence-corrected chi connectivity index (χ2v) is 8.38. The van der Waals surface area contributed by atoms with E-state index in [0.717, 1.165) is 41.0 Å². The van der Waals surface area contributed by atoms with Crippen LogP contribution in [0.3, 0.4) is 0 Å². The molecule has 1 aromatic carbocycles. The van der Waals surface area contributed by atoms with Crippen LogP contribution in [-0.2, 0) is 16.8 Å². The number of hydrogen-bond donors (Lipinski definition) is 2. The van der Waals surface area contributed by atoms with Gasteiger partial charge in [0.1, 0.15) is 5.54 Å². The molecule has 0 saturated carbocycles. The molecule has 3 aromatic rings. The third-order valence-corrected chi connectivity index (χ3v) is 5.85. The number of nitrogens with one attached hydrogen (secondary N) is 2. The van der Waals surface area contributed by atoms with E-state index in [1.54, 1.807) is 6.92 Å². The van der Waals surface area contributed by atoms with Crippen molar-refractivity contribution < 1.29 is 4.79 Å². The summed E-state index contributed by atoms with van der Waals surface area (Å²) in [5, 5.41) is 11.1. The zero-order valence-corrected chi connectivity index (χ0v) is 18.2. The molecule has 2 N–H and O–H groups in total. The van der Waals surface area contributed by atoms with Crippen LogP contribution in [0.25, 0.3) is 11.3 Å². The highest BCUT2D eigenvalue weighted by Gasteiger charge is 2.35. The summed E-state index contributed by atoms with van der Waals surface area (Å²) in [6, 6.07) is 6.39. The lowest BCUT2D eigenvalue weighted by atomic mass is 9.81. The number of carbonyl (C=O) groups excluding carboxylic acids is 1. The molecule has 0 spiro atoms. The molecule has 3 heterocycles. The highest BCUT2D eigenvalue weighted by Crippen LogP contribution is 2.32. The van der Waals surface area contributed by atoms with E-state index in [9.17, 15) is 4.79 Å². The van der Waals surface area contributed by atoms with Crippen LogP contribution >= 0.6 is 0 Å². The van der Waals surface area contributed by atoms with E-state index in [4.69, 9.17) is 4.98 Å². The maximum absolute atomic E-state index is 12.2. The number of carbonyl (C=O) groups is 1. The fourth-order valence-corrected chi connectivity index (χ4v) is 3.89. The van der Waals surface area contributed by atoms with E-state index in [1.807, 2.05) is 49.3 Å². The number of rotatable bonds is 5. The predicted octanol–water partition coefficient (Wildman–Crippen LogP) is 3.92. The van der Waals surface area contributed by atoms with Crippen molar-refractivity contribution in [1.82, 2.24) is 25.1 Å².